The molecule has 0 rings (SSSR count). The van der Waals surface area contributed by atoms with Gasteiger partial charge < -0.3 is 47.5 Å². The van der Waals surface area contributed by atoms with Crippen LogP contribution in [0.25, 0.3) is 0 Å². The van der Waals surface area contributed by atoms with E-state index >= 15 is 0 Å². The van der Waals surface area contributed by atoms with E-state index in [0.717, 1.165) is 6.42 Å². The second kappa shape index (κ2) is 25.7. The van der Waals surface area contributed by atoms with E-state index in [-0.39, 0.29) is 18.7 Å². The van der Waals surface area contributed by atoms with Gasteiger partial charge in [-0.2, -0.15) is 0 Å². The van der Waals surface area contributed by atoms with Crippen LogP contribution in [0.1, 0.15) is 40.5 Å². The standard InChI is InChI=1S/C26H51NO11/c1-6-7-24(28)37-23-22-36-21-20-35-19-18-34-17-16-33-15-14-32-13-12-31-11-10-30-9-8-27(5)25(29)38-26(2,3)4/h6-23H2,1-5H3. The van der Waals surface area contributed by atoms with Crippen molar-refractivity contribution in [3.05, 3.63) is 0 Å². The van der Waals surface area contributed by atoms with Gasteiger partial charge in [0.25, 0.3) is 0 Å². The van der Waals surface area contributed by atoms with Gasteiger partial charge in [0.05, 0.1) is 92.5 Å². The lowest BCUT2D eigenvalue weighted by atomic mass is 10.2. The molecule has 0 aromatic heterocycles. The monoisotopic (exact) mass is 553 g/mol. The molecule has 0 aliphatic rings. The third kappa shape index (κ3) is 27.5. The van der Waals surface area contributed by atoms with Crippen LogP contribution in [0.5, 0.6) is 0 Å². The second-order valence-electron chi connectivity index (χ2n) is 9.16. The molecule has 226 valence electrons. The maximum Gasteiger partial charge on any atom is 0.410 e. The van der Waals surface area contributed by atoms with E-state index in [1.165, 1.54) is 4.90 Å². The first-order valence-corrected chi connectivity index (χ1v) is 13.4. The molecular weight excluding hydrogens is 502 g/mol. The average Bonchev–Trinajstić information content (AvgIpc) is 2.85. The highest BCUT2D eigenvalue weighted by molar-refractivity contribution is 5.69. The van der Waals surface area contributed by atoms with E-state index in [2.05, 4.69) is 0 Å². The molecule has 0 saturated carbocycles. The topological polar surface area (TPSA) is 120 Å². The van der Waals surface area contributed by atoms with E-state index in [1.807, 2.05) is 27.7 Å². The molecule has 0 aliphatic carbocycles. The Kier molecular flexibility index (Phi) is 24.7. The smallest absolute Gasteiger partial charge is 0.410 e. The molecule has 0 aliphatic heterocycles. The molecular formula is C26H51NO11. The molecule has 0 bridgehead atoms. The summed E-state index contributed by atoms with van der Waals surface area (Å²) < 4.78 is 48.2. The maximum atomic E-state index is 11.8. The number of likely N-dealkylation sites (N-methyl/N-ethyl adjacent to an activating group) is 1. The number of esters is 1. The highest BCUT2D eigenvalue weighted by atomic mass is 16.6. The quantitative estimate of drug-likeness (QED) is 0.116. The lowest BCUT2D eigenvalue weighted by molar-refractivity contribution is -0.145. The molecule has 0 aromatic rings. The fraction of sp³-hybridized carbons (Fsp3) is 0.923. The van der Waals surface area contributed by atoms with E-state index < -0.39 is 5.60 Å². The fourth-order valence-corrected chi connectivity index (χ4v) is 2.54. The van der Waals surface area contributed by atoms with Gasteiger partial charge in [-0.25, -0.2) is 4.79 Å². The zero-order valence-electron chi connectivity index (χ0n) is 24.2. The summed E-state index contributed by atoms with van der Waals surface area (Å²) in [6, 6.07) is 0. The minimum atomic E-state index is -0.508. The Bertz CT molecular complexity index is 558. The molecule has 0 heterocycles. The molecule has 12 nitrogen and oxygen atoms in total. The summed E-state index contributed by atoms with van der Waals surface area (Å²) in [4.78, 5) is 24.5. The average molecular weight is 554 g/mol. The Labute approximate surface area is 228 Å². The lowest BCUT2D eigenvalue weighted by Gasteiger charge is -2.24. The SMILES string of the molecule is CCCC(=O)OCCOCCOCCOCCOCCOCCOCCOCCN(C)C(=O)OC(C)(C)C. The normalized spacial score (nSPS) is 11.5. The predicted octanol–water partition coefficient (Wildman–Crippen LogP) is 2.31. The van der Waals surface area contributed by atoms with Crippen molar-refractivity contribution in [3.8, 4) is 0 Å². The fourth-order valence-electron chi connectivity index (χ4n) is 2.54. The minimum Gasteiger partial charge on any atom is -0.463 e. The van der Waals surface area contributed by atoms with Crippen LogP contribution in [-0.4, -0.2) is 135 Å². The summed E-state index contributed by atoms with van der Waals surface area (Å²) in [7, 11) is 1.68. The number of carbonyl (C=O) groups excluding carboxylic acids is 2. The first-order valence-electron chi connectivity index (χ1n) is 13.4. The largest absolute Gasteiger partial charge is 0.463 e. The number of amides is 1. The molecule has 0 radical (unpaired) electrons. The molecule has 38 heavy (non-hydrogen) atoms. The van der Waals surface area contributed by atoms with Gasteiger partial charge in [-0.3, -0.25) is 4.79 Å². The van der Waals surface area contributed by atoms with Gasteiger partial charge in [-0.1, -0.05) is 6.92 Å². The van der Waals surface area contributed by atoms with Gasteiger partial charge in [-0.05, 0) is 27.2 Å². The third-order valence-electron chi connectivity index (χ3n) is 4.45. The summed E-state index contributed by atoms with van der Waals surface area (Å²) in [5.41, 5.74) is -0.508. The number of rotatable bonds is 26. The number of carbonyl (C=O) groups is 2. The third-order valence-corrected chi connectivity index (χ3v) is 4.45. The summed E-state index contributed by atoms with van der Waals surface area (Å²) in [5, 5.41) is 0. The van der Waals surface area contributed by atoms with Crippen molar-refractivity contribution in [2.24, 2.45) is 0 Å². The van der Waals surface area contributed by atoms with Crippen LogP contribution < -0.4 is 0 Å². The summed E-state index contributed by atoms with van der Waals surface area (Å²) in [6.07, 6.45) is 0.858. The van der Waals surface area contributed by atoms with Gasteiger partial charge >= 0.3 is 12.1 Å². The van der Waals surface area contributed by atoms with Crippen LogP contribution in [0.2, 0.25) is 0 Å². The van der Waals surface area contributed by atoms with Crippen molar-refractivity contribution in [2.75, 3.05) is 113 Å². The maximum absolute atomic E-state index is 11.8. The Hall–Kier alpha value is -1.54. The first kappa shape index (κ1) is 36.5. The molecule has 0 unspecified atom stereocenters. The van der Waals surface area contributed by atoms with Crippen LogP contribution in [0.15, 0.2) is 0 Å². The molecule has 0 fully saturated rings. The van der Waals surface area contributed by atoms with Crippen molar-refractivity contribution in [1.82, 2.24) is 4.90 Å². The van der Waals surface area contributed by atoms with Crippen LogP contribution in [0, 0.1) is 0 Å². The van der Waals surface area contributed by atoms with E-state index in [1.54, 1.807) is 7.05 Å². The molecule has 0 aromatic carbocycles. The molecule has 0 atom stereocenters. The summed E-state index contributed by atoms with van der Waals surface area (Å²) >= 11 is 0. The van der Waals surface area contributed by atoms with Crippen molar-refractivity contribution in [2.45, 2.75) is 46.1 Å². The lowest BCUT2D eigenvalue weighted by Crippen LogP contribution is -2.36. The highest BCUT2D eigenvalue weighted by Crippen LogP contribution is 2.08. The van der Waals surface area contributed by atoms with E-state index in [9.17, 15) is 9.59 Å². The molecule has 1 amide bonds. The molecule has 0 spiro atoms. The first-order chi connectivity index (χ1) is 18.3. The van der Waals surface area contributed by atoms with Gasteiger partial charge in [0, 0.05) is 20.0 Å². The second-order valence-corrected chi connectivity index (χ2v) is 9.16. The van der Waals surface area contributed by atoms with Crippen molar-refractivity contribution in [1.29, 1.82) is 0 Å². The van der Waals surface area contributed by atoms with Crippen molar-refractivity contribution in [3.63, 3.8) is 0 Å². The van der Waals surface area contributed by atoms with Gasteiger partial charge in [0.2, 0.25) is 0 Å². The summed E-state index contributed by atoms with van der Waals surface area (Å²) in [6.45, 7) is 14.6. The van der Waals surface area contributed by atoms with E-state index in [0.29, 0.717) is 105 Å². The Morgan fingerprint density at radius 3 is 1.26 bits per heavy atom. The van der Waals surface area contributed by atoms with Crippen LogP contribution in [0.4, 0.5) is 4.79 Å². The Morgan fingerprint density at radius 1 is 0.579 bits per heavy atom. The van der Waals surface area contributed by atoms with Gasteiger partial charge in [0.1, 0.15) is 12.2 Å². The summed E-state index contributed by atoms with van der Waals surface area (Å²) in [5.74, 6) is -0.191. The van der Waals surface area contributed by atoms with Gasteiger partial charge in [-0.15, -0.1) is 0 Å². The number of hydrogen-bond donors (Lipinski definition) is 0. The zero-order chi connectivity index (χ0) is 28.3. The van der Waals surface area contributed by atoms with Crippen LogP contribution in [0.3, 0.4) is 0 Å². The van der Waals surface area contributed by atoms with Crippen LogP contribution >= 0.6 is 0 Å². The molecule has 0 saturated heterocycles. The highest BCUT2D eigenvalue weighted by Gasteiger charge is 2.19. The Balaban J connectivity index is 3.20. The van der Waals surface area contributed by atoms with Crippen LogP contribution in [-0.2, 0) is 47.4 Å². The number of ether oxygens (including phenoxy) is 9. The number of hydrogen-bond acceptors (Lipinski definition) is 11. The predicted molar refractivity (Wildman–Crippen MR) is 140 cm³/mol. The zero-order valence-corrected chi connectivity index (χ0v) is 24.2. The molecule has 0 N–H and O–H groups in total. The number of nitrogens with zero attached hydrogens (tertiary/aromatic N) is 1. The molecule has 12 heteroatoms. The Morgan fingerprint density at radius 2 is 0.921 bits per heavy atom. The minimum absolute atomic E-state index is 0.191. The van der Waals surface area contributed by atoms with Gasteiger partial charge in [0.15, 0.2) is 0 Å². The van der Waals surface area contributed by atoms with E-state index in [4.69, 9.17) is 42.6 Å². The van der Waals surface area contributed by atoms with Crippen molar-refractivity contribution < 1.29 is 52.2 Å². The van der Waals surface area contributed by atoms with Crippen molar-refractivity contribution >= 4 is 12.1 Å².